The van der Waals surface area contributed by atoms with Crippen molar-refractivity contribution in [3.05, 3.63) is 54.1 Å². The van der Waals surface area contributed by atoms with Crippen LogP contribution >= 0.6 is 0 Å². The zero-order valence-electron chi connectivity index (χ0n) is 14.7. The van der Waals surface area contributed by atoms with Crippen LogP contribution in [0.15, 0.2) is 42.9 Å². The standard InChI is InChI=1S/C19H21N5O2/c1-26-17-8-3-2-6-14(17)12-18(25)23-11-5-4-7-15(23)16-9-10-20-19-21-13-22-24(16)19/h2-3,6,8-10,13,15H,4-5,7,11-12H2,1H3/t15-/m0/s1. The Labute approximate surface area is 151 Å². The van der Waals surface area contributed by atoms with Gasteiger partial charge < -0.3 is 9.64 Å². The zero-order chi connectivity index (χ0) is 17.9. The predicted molar refractivity (Wildman–Crippen MR) is 95.8 cm³/mol. The fourth-order valence-corrected chi connectivity index (χ4v) is 3.66. The Hall–Kier alpha value is -2.96. The van der Waals surface area contributed by atoms with Gasteiger partial charge in [0.05, 0.1) is 25.3 Å². The van der Waals surface area contributed by atoms with E-state index in [4.69, 9.17) is 4.74 Å². The topological polar surface area (TPSA) is 72.6 Å². The normalized spacial score (nSPS) is 17.4. The molecule has 7 nitrogen and oxygen atoms in total. The van der Waals surface area contributed by atoms with Crippen LogP contribution in [0.2, 0.25) is 0 Å². The molecule has 1 amide bonds. The van der Waals surface area contributed by atoms with Gasteiger partial charge in [0.1, 0.15) is 12.1 Å². The van der Waals surface area contributed by atoms with Gasteiger partial charge >= 0.3 is 0 Å². The number of fused-ring (bicyclic) bond motifs is 1. The molecule has 0 spiro atoms. The first-order valence-corrected chi connectivity index (χ1v) is 8.84. The number of benzene rings is 1. The predicted octanol–water partition coefficient (Wildman–Crippen LogP) is 2.43. The first-order valence-electron chi connectivity index (χ1n) is 8.84. The number of likely N-dealkylation sites (tertiary alicyclic amines) is 1. The van der Waals surface area contributed by atoms with Crippen LogP contribution in [0.4, 0.5) is 0 Å². The van der Waals surface area contributed by atoms with E-state index in [2.05, 4.69) is 15.1 Å². The Balaban J connectivity index is 1.63. The van der Waals surface area contributed by atoms with Crippen LogP contribution in [0.25, 0.3) is 5.78 Å². The number of aromatic nitrogens is 4. The Kier molecular flexibility index (Phi) is 4.51. The molecule has 0 bridgehead atoms. The van der Waals surface area contributed by atoms with Gasteiger partial charge in [-0.1, -0.05) is 18.2 Å². The zero-order valence-corrected chi connectivity index (χ0v) is 14.7. The first-order chi connectivity index (χ1) is 12.8. The molecular weight excluding hydrogens is 330 g/mol. The van der Waals surface area contributed by atoms with Crippen LogP contribution in [-0.2, 0) is 11.2 Å². The maximum Gasteiger partial charge on any atom is 0.252 e. The highest BCUT2D eigenvalue weighted by Crippen LogP contribution is 2.31. The molecule has 7 heteroatoms. The third-order valence-corrected chi connectivity index (χ3v) is 4.91. The van der Waals surface area contributed by atoms with E-state index in [1.807, 2.05) is 35.2 Å². The van der Waals surface area contributed by atoms with E-state index in [9.17, 15) is 4.79 Å². The van der Waals surface area contributed by atoms with Crippen LogP contribution < -0.4 is 4.74 Å². The largest absolute Gasteiger partial charge is 0.496 e. The lowest BCUT2D eigenvalue weighted by Crippen LogP contribution is -2.40. The van der Waals surface area contributed by atoms with Gasteiger partial charge in [0, 0.05) is 18.3 Å². The number of nitrogens with zero attached hydrogens (tertiary/aromatic N) is 5. The molecule has 1 atom stereocenters. The lowest BCUT2D eigenvalue weighted by atomic mass is 9.97. The molecule has 4 rings (SSSR count). The number of methoxy groups -OCH3 is 1. The van der Waals surface area contributed by atoms with Crippen molar-refractivity contribution < 1.29 is 9.53 Å². The van der Waals surface area contributed by atoms with E-state index in [1.54, 1.807) is 17.8 Å². The minimum atomic E-state index is -0.0156. The van der Waals surface area contributed by atoms with Crippen LogP contribution in [-0.4, -0.2) is 44.0 Å². The van der Waals surface area contributed by atoms with Crippen LogP contribution in [0.5, 0.6) is 5.75 Å². The minimum Gasteiger partial charge on any atom is -0.496 e. The molecule has 3 heterocycles. The van der Waals surface area contributed by atoms with Crippen molar-refractivity contribution >= 4 is 11.7 Å². The Morgan fingerprint density at radius 1 is 1.23 bits per heavy atom. The Morgan fingerprint density at radius 3 is 3.00 bits per heavy atom. The Morgan fingerprint density at radius 2 is 2.12 bits per heavy atom. The van der Waals surface area contributed by atoms with Crippen molar-refractivity contribution in [3.8, 4) is 5.75 Å². The van der Waals surface area contributed by atoms with Gasteiger partial charge in [-0.25, -0.2) is 4.98 Å². The highest BCUT2D eigenvalue weighted by Gasteiger charge is 2.30. The Bertz CT molecular complexity index is 923. The minimum absolute atomic E-state index is 0.0156. The third-order valence-electron chi connectivity index (χ3n) is 4.91. The second-order valence-corrected chi connectivity index (χ2v) is 6.43. The van der Waals surface area contributed by atoms with Crippen molar-refractivity contribution in [1.29, 1.82) is 0 Å². The van der Waals surface area contributed by atoms with Gasteiger partial charge in [-0.05, 0) is 31.4 Å². The summed E-state index contributed by atoms with van der Waals surface area (Å²) in [7, 11) is 1.63. The molecule has 0 aliphatic carbocycles. The van der Waals surface area contributed by atoms with Crippen LogP contribution in [0.3, 0.4) is 0 Å². The summed E-state index contributed by atoms with van der Waals surface area (Å²) in [4.78, 5) is 23.4. The lowest BCUT2D eigenvalue weighted by Gasteiger charge is -2.36. The average Bonchev–Trinajstić information content (AvgIpc) is 3.17. The lowest BCUT2D eigenvalue weighted by molar-refractivity contribution is -0.134. The molecule has 0 radical (unpaired) electrons. The fraction of sp³-hybridized carbons (Fsp3) is 0.368. The third kappa shape index (κ3) is 3.00. The number of piperidine rings is 1. The van der Waals surface area contributed by atoms with Gasteiger partial charge in [0.15, 0.2) is 0 Å². The number of amides is 1. The van der Waals surface area contributed by atoms with Crippen molar-refractivity contribution in [2.75, 3.05) is 13.7 Å². The van der Waals surface area contributed by atoms with E-state index >= 15 is 0 Å². The number of ether oxygens (including phenoxy) is 1. The number of carbonyl (C=O) groups is 1. The maximum atomic E-state index is 13.1. The summed E-state index contributed by atoms with van der Waals surface area (Å²) >= 11 is 0. The highest BCUT2D eigenvalue weighted by atomic mass is 16.5. The van der Waals surface area contributed by atoms with Gasteiger partial charge in [-0.2, -0.15) is 14.6 Å². The van der Waals surface area contributed by atoms with E-state index in [-0.39, 0.29) is 11.9 Å². The summed E-state index contributed by atoms with van der Waals surface area (Å²) in [6, 6.07) is 9.59. The summed E-state index contributed by atoms with van der Waals surface area (Å²) in [5, 5.41) is 4.28. The summed E-state index contributed by atoms with van der Waals surface area (Å²) < 4.78 is 7.13. The van der Waals surface area contributed by atoms with Crippen molar-refractivity contribution in [1.82, 2.24) is 24.5 Å². The second-order valence-electron chi connectivity index (χ2n) is 6.43. The average molecular weight is 351 g/mol. The van der Waals surface area contributed by atoms with E-state index in [0.29, 0.717) is 12.2 Å². The summed E-state index contributed by atoms with van der Waals surface area (Å²) in [6.45, 7) is 0.747. The van der Waals surface area contributed by atoms with Gasteiger partial charge in [-0.15, -0.1) is 0 Å². The number of hydrogen-bond acceptors (Lipinski definition) is 5. The van der Waals surface area contributed by atoms with Gasteiger partial charge in [0.2, 0.25) is 5.91 Å². The van der Waals surface area contributed by atoms with Crippen molar-refractivity contribution in [2.45, 2.75) is 31.7 Å². The molecule has 26 heavy (non-hydrogen) atoms. The molecule has 1 saturated heterocycles. The summed E-state index contributed by atoms with van der Waals surface area (Å²) in [6.07, 6.45) is 6.57. The monoisotopic (exact) mass is 351 g/mol. The molecule has 1 aliphatic heterocycles. The second kappa shape index (κ2) is 7.11. The van der Waals surface area contributed by atoms with Gasteiger partial charge in [-0.3, -0.25) is 4.79 Å². The first kappa shape index (κ1) is 16.5. The van der Waals surface area contributed by atoms with E-state index in [0.717, 1.165) is 42.8 Å². The van der Waals surface area contributed by atoms with Crippen LogP contribution in [0.1, 0.15) is 36.6 Å². The van der Waals surface area contributed by atoms with Crippen LogP contribution in [0, 0.1) is 0 Å². The molecule has 0 N–H and O–H groups in total. The SMILES string of the molecule is COc1ccccc1CC(=O)N1CCCC[C@H]1c1ccnc2ncnn12. The molecule has 1 aromatic carbocycles. The molecule has 3 aromatic rings. The summed E-state index contributed by atoms with van der Waals surface area (Å²) in [5.74, 6) is 1.41. The number of para-hydroxylation sites is 1. The molecule has 0 saturated carbocycles. The smallest absolute Gasteiger partial charge is 0.252 e. The number of hydrogen-bond donors (Lipinski definition) is 0. The van der Waals surface area contributed by atoms with E-state index < -0.39 is 0 Å². The highest BCUT2D eigenvalue weighted by molar-refractivity contribution is 5.80. The molecule has 1 fully saturated rings. The van der Waals surface area contributed by atoms with Gasteiger partial charge in [0.25, 0.3) is 5.78 Å². The molecule has 134 valence electrons. The van der Waals surface area contributed by atoms with Crippen molar-refractivity contribution in [3.63, 3.8) is 0 Å². The summed E-state index contributed by atoms with van der Waals surface area (Å²) in [5.41, 5.74) is 1.87. The molecule has 2 aromatic heterocycles. The maximum absolute atomic E-state index is 13.1. The molecular formula is C19H21N5O2. The number of carbonyl (C=O) groups excluding carboxylic acids is 1. The van der Waals surface area contributed by atoms with E-state index in [1.165, 1.54) is 6.33 Å². The van der Waals surface area contributed by atoms with Crippen molar-refractivity contribution in [2.24, 2.45) is 0 Å². The molecule has 0 unspecified atom stereocenters. The fourth-order valence-electron chi connectivity index (χ4n) is 3.66. The number of rotatable bonds is 4. The quantitative estimate of drug-likeness (QED) is 0.722. The molecule has 1 aliphatic rings.